The minimum Gasteiger partial charge on any atom is -0.396 e. The van der Waals surface area contributed by atoms with Crippen LogP contribution >= 0.6 is 0 Å². The molecule has 0 aliphatic rings. The van der Waals surface area contributed by atoms with E-state index in [1.807, 2.05) is 0 Å². The van der Waals surface area contributed by atoms with E-state index in [2.05, 4.69) is 0 Å². The van der Waals surface area contributed by atoms with Crippen LogP contribution in [0, 0.1) is 16.0 Å². The molecule has 0 amide bonds. The number of aliphatic hydroxyl groups excluding tert-OH is 1. The molecule has 0 heterocycles. The van der Waals surface area contributed by atoms with Crippen LogP contribution in [0.25, 0.3) is 0 Å². The minimum absolute atomic E-state index is 0.145. The Hall–Kier alpha value is -0.640. The first kappa shape index (κ1) is 9.36. The molecule has 0 aromatic heterocycles. The van der Waals surface area contributed by atoms with Crippen LogP contribution in [0.1, 0.15) is 20.8 Å². The number of aliphatic hydroxyl groups is 1. The van der Waals surface area contributed by atoms with Crippen molar-refractivity contribution in [2.24, 2.45) is 5.92 Å². The second kappa shape index (κ2) is 2.96. The van der Waals surface area contributed by atoms with Crippen molar-refractivity contribution >= 4 is 0 Å². The molecule has 10 heavy (non-hydrogen) atoms. The summed E-state index contributed by atoms with van der Waals surface area (Å²) in [7, 11) is 0. The summed E-state index contributed by atoms with van der Waals surface area (Å²) < 4.78 is 0. The van der Waals surface area contributed by atoms with Crippen molar-refractivity contribution in [3.63, 3.8) is 0 Å². The summed E-state index contributed by atoms with van der Waals surface area (Å²) in [6.07, 6.45) is 0. The zero-order valence-corrected chi connectivity index (χ0v) is 6.50. The largest absolute Gasteiger partial charge is 0.396 e. The van der Waals surface area contributed by atoms with Crippen LogP contribution in [-0.2, 0) is 0 Å². The molecular weight excluding hydrogens is 134 g/mol. The Morgan fingerprint density at radius 2 is 2.10 bits per heavy atom. The van der Waals surface area contributed by atoms with E-state index in [0.717, 1.165) is 0 Å². The van der Waals surface area contributed by atoms with Crippen molar-refractivity contribution in [2.45, 2.75) is 26.3 Å². The molecule has 4 heteroatoms. The molecule has 0 rings (SSSR count). The Kier molecular flexibility index (Phi) is 2.77. The molecule has 4 nitrogen and oxygen atoms in total. The van der Waals surface area contributed by atoms with Gasteiger partial charge >= 0.3 is 0 Å². The van der Waals surface area contributed by atoms with Crippen molar-refractivity contribution in [2.75, 3.05) is 6.61 Å². The van der Waals surface area contributed by atoms with Crippen LogP contribution in [0.2, 0.25) is 0 Å². The highest BCUT2D eigenvalue weighted by atomic mass is 16.6. The standard InChI is InChI=1S/C6H13NO3/c1-5(4-8)6(2,3)7(9)10/h5,8H,4H2,1-3H3. The Morgan fingerprint density at radius 3 is 2.20 bits per heavy atom. The van der Waals surface area contributed by atoms with Crippen LogP contribution in [0.4, 0.5) is 0 Å². The average Bonchev–Trinajstić information content (AvgIpc) is 1.86. The van der Waals surface area contributed by atoms with E-state index >= 15 is 0 Å². The van der Waals surface area contributed by atoms with Crippen molar-refractivity contribution in [3.05, 3.63) is 10.1 Å². The SMILES string of the molecule is CC(CO)C(C)(C)[N+](=O)[O-]. The maximum Gasteiger partial charge on any atom is 0.221 e. The van der Waals surface area contributed by atoms with Crippen LogP contribution in [0.3, 0.4) is 0 Å². The minimum atomic E-state index is -1.02. The summed E-state index contributed by atoms with van der Waals surface area (Å²) >= 11 is 0. The predicted octanol–water partition coefficient (Wildman–Crippen LogP) is 0.670. The fourth-order valence-electron chi connectivity index (χ4n) is 0.403. The molecule has 60 valence electrons. The summed E-state index contributed by atoms with van der Waals surface area (Å²) in [6.45, 7) is 4.53. The van der Waals surface area contributed by atoms with Gasteiger partial charge in [-0.05, 0) is 0 Å². The van der Waals surface area contributed by atoms with Gasteiger partial charge in [0.1, 0.15) is 0 Å². The van der Waals surface area contributed by atoms with Crippen molar-refractivity contribution in [3.8, 4) is 0 Å². The van der Waals surface area contributed by atoms with E-state index in [4.69, 9.17) is 5.11 Å². The maximum atomic E-state index is 10.3. The summed E-state index contributed by atoms with van der Waals surface area (Å²) in [5.41, 5.74) is -1.02. The number of nitrogens with zero attached hydrogens (tertiary/aromatic N) is 1. The highest BCUT2D eigenvalue weighted by Crippen LogP contribution is 2.18. The molecule has 0 aliphatic heterocycles. The van der Waals surface area contributed by atoms with Gasteiger partial charge in [0.05, 0.1) is 6.61 Å². The first-order chi connectivity index (χ1) is 4.42. The highest BCUT2D eigenvalue weighted by molar-refractivity contribution is 4.73. The monoisotopic (exact) mass is 147 g/mol. The number of rotatable bonds is 3. The highest BCUT2D eigenvalue weighted by Gasteiger charge is 2.36. The Balaban J connectivity index is 4.23. The molecule has 0 bridgehead atoms. The van der Waals surface area contributed by atoms with Crippen LogP contribution in [0.15, 0.2) is 0 Å². The molecule has 1 atom stereocenters. The number of nitro groups is 1. The molecule has 0 spiro atoms. The van der Waals surface area contributed by atoms with Gasteiger partial charge in [0.15, 0.2) is 0 Å². The molecule has 0 saturated heterocycles. The second-order valence-corrected chi connectivity index (χ2v) is 2.99. The van der Waals surface area contributed by atoms with Crippen LogP contribution in [-0.4, -0.2) is 22.2 Å². The molecule has 0 aromatic rings. The summed E-state index contributed by atoms with van der Waals surface area (Å²) in [5, 5.41) is 18.9. The molecule has 0 aliphatic carbocycles. The normalized spacial score (nSPS) is 14.8. The molecule has 0 saturated carbocycles. The Labute approximate surface area is 60.0 Å². The molecule has 0 radical (unpaired) electrons. The lowest BCUT2D eigenvalue weighted by Gasteiger charge is -2.20. The van der Waals surface area contributed by atoms with E-state index < -0.39 is 5.54 Å². The average molecular weight is 147 g/mol. The molecular formula is C6H13NO3. The van der Waals surface area contributed by atoms with Crippen molar-refractivity contribution in [1.82, 2.24) is 0 Å². The molecule has 1 unspecified atom stereocenters. The topological polar surface area (TPSA) is 63.4 Å². The van der Waals surface area contributed by atoms with E-state index in [1.165, 1.54) is 13.8 Å². The third-order valence-electron chi connectivity index (χ3n) is 1.95. The van der Waals surface area contributed by atoms with Gasteiger partial charge < -0.3 is 5.11 Å². The summed E-state index contributed by atoms with van der Waals surface area (Å²) in [4.78, 5) is 9.95. The van der Waals surface area contributed by atoms with E-state index in [9.17, 15) is 10.1 Å². The predicted molar refractivity (Wildman–Crippen MR) is 37.3 cm³/mol. The lowest BCUT2D eigenvalue weighted by molar-refractivity contribution is -0.571. The summed E-state index contributed by atoms with van der Waals surface area (Å²) in [6, 6.07) is 0. The zero-order valence-electron chi connectivity index (χ0n) is 6.50. The second-order valence-electron chi connectivity index (χ2n) is 2.99. The zero-order chi connectivity index (χ0) is 8.36. The van der Waals surface area contributed by atoms with Gasteiger partial charge in [0.2, 0.25) is 5.54 Å². The van der Waals surface area contributed by atoms with Crippen molar-refractivity contribution in [1.29, 1.82) is 0 Å². The van der Waals surface area contributed by atoms with Gasteiger partial charge in [-0.25, -0.2) is 0 Å². The Bertz CT molecular complexity index is 133. The molecule has 1 N–H and O–H groups in total. The lowest BCUT2D eigenvalue weighted by atomic mass is 9.91. The Morgan fingerprint density at radius 1 is 1.70 bits per heavy atom. The first-order valence-electron chi connectivity index (χ1n) is 3.18. The van der Waals surface area contributed by atoms with E-state index in [1.54, 1.807) is 6.92 Å². The van der Waals surface area contributed by atoms with Gasteiger partial charge in [-0.3, -0.25) is 10.1 Å². The van der Waals surface area contributed by atoms with Gasteiger partial charge in [0.25, 0.3) is 0 Å². The first-order valence-corrected chi connectivity index (χ1v) is 3.18. The van der Waals surface area contributed by atoms with Gasteiger partial charge in [-0.2, -0.15) is 0 Å². The fourth-order valence-corrected chi connectivity index (χ4v) is 0.403. The number of hydrogen-bond acceptors (Lipinski definition) is 3. The van der Waals surface area contributed by atoms with E-state index in [0.29, 0.717) is 0 Å². The quantitative estimate of drug-likeness (QED) is 0.471. The van der Waals surface area contributed by atoms with E-state index in [-0.39, 0.29) is 17.4 Å². The third-order valence-corrected chi connectivity index (χ3v) is 1.95. The third kappa shape index (κ3) is 1.67. The fraction of sp³-hybridized carbons (Fsp3) is 1.00. The molecule has 0 aromatic carbocycles. The van der Waals surface area contributed by atoms with Crippen LogP contribution < -0.4 is 0 Å². The number of hydrogen-bond donors (Lipinski definition) is 1. The van der Waals surface area contributed by atoms with Crippen LogP contribution in [0.5, 0.6) is 0 Å². The van der Waals surface area contributed by atoms with Gasteiger partial charge in [0, 0.05) is 24.7 Å². The smallest absolute Gasteiger partial charge is 0.221 e. The maximum absolute atomic E-state index is 10.3. The van der Waals surface area contributed by atoms with Gasteiger partial charge in [-0.1, -0.05) is 6.92 Å². The summed E-state index contributed by atoms with van der Waals surface area (Å²) in [5.74, 6) is -0.303. The molecule has 0 fully saturated rings. The van der Waals surface area contributed by atoms with Crippen molar-refractivity contribution < 1.29 is 10.0 Å². The lowest BCUT2D eigenvalue weighted by Crippen LogP contribution is -2.39. The van der Waals surface area contributed by atoms with Gasteiger partial charge in [-0.15, -0.1) is 0 Å².